The van der Waals surface area contributed by atoms with E-state index in [4.69, 9.17) is 14.2 Å². The third-order valence-electron chi connectivity index (χ3n) is 6.02. The zero-order valence-electron chi connectivity index (χ0n) is 18.5. The number of methoxy groups -OCH3 is 2. The summed E-state index contributed by atoms with van der Waals surface area (Å²) in [6, 6.07) is 11.5. The van der Waals surface area contributed by atoms with Gasteiger partial charge in [-0.25, -0.2) is 0 Å². The first-order valence-electron chi connectivity index (χ1n) is 10.6. The standard InChI is InChI=1S/C25H27NO6/c1-15-6-8-16(9-7-15)23(27)21-22(19-13-17(30-2)10-11-20(19)31-3)26(25(29)24(21)28)14-18-5-4-12-32-18/h6-11,13,18,22,27H,4-5,12,14H2,1-3H3. The number of hydrogen-bond acceptors (Lipinski definition) is 6. The number of carbonyl (C=O) groups is 2. The van der Waals surface area contributed by atoms with Crippen LogP contribution < -0.4 is 9.47 Å². The molecule has 2 aliphatic heterocycles. The molecule has 168 valence electrons. The van der Waals surface area contributed by atoms with E-state index in [9.17, 15) is 14.7 Å². The molecule has 0 aromatic heterocycles. The predicted molar refractivity (Wildman–Crippen MR) is 119 cm³/mol. The third kappa shape index (κ3) is 3.96. The molecule has 2 unspecified atom stereocenters. The molecule has 2 heterocycles. The Bertz CT molecular complexity index is 1050. The Morgan fingerprint density at radius 3 is 2.50 bits per heavy atom. The summed E-state index contributed by atoms with van der Waals surface area (Å²) in [5, 5.41) is 11.2. The van der Waals surface area contributed by atoms with Gasteiger partial charge < -0.3 is 24.2 Å². The van der Waals surface area contributed by atoms with Gasteiger partial charge in [-0.05, 0) is 38.0 Å². The first-order chi connectivity index (χ1) is 15.4. The van der Waals surface area contributed by atoms with E-state index in [1.165, 1.54) is 12.0 Å². The smallest absolute Gasteiger partial charge is 0.295 e. The molecule has 32 heavy (non-hydrogen) atoms. The highest BCUT2D eigenvalue weighted by Crippen LogP contribution is 2.44. The zero-order chi connectivity index (χ0) is 22.8. The number of benzene rings is 2. The first kappa shape index (κ1) is 21.9. The quantitative estimate of drug-likeness (QED) is 0.422. The molecule has 2 aromatic carbocycles. The summed E-state index contributed by atoms with van der Waals surface area (Å²) in [6.45, 7) is 2.82. The Morgan fingerprint density at radius 2 is 1.88 bits per heavy atom. The highest BCUT2D eigenvalue weighted by Gasteiger charge is 2.48. The monoisotopic (exact) mass is 437 g/mol. The van der Waals surface area contributed by atoms with E-state index in [0.29, 0.717) is 29.2 Å². The van der Waals surface area contributed by atoms with Crippen molar-refractivity contribution in [2.45, 2.75) is 31.9 Å². The van der Waals surface area contributed by atoms with Crippen LogP contribution >= 0.6 is 0 Å². The molecule has 7 heteroatoms. The van der Waals surface area contributed by atoms with Crippen LogP contribution in [0, 0.1) is 6.92 Å². The lowest BCUT2D eigenvalue weighted by atomic mass is 9.94. The largest absolute Gasteiger partial charge is 0.507 e. The summed E-state index contributed by atoms with van der Waals surface area (Å²) >= 11 is 0. The van der Waals surface area contributed by atoms with Crippen molar-refractivity contribution in [2.75, 3.05) is 27.4 Å². The lowest BCUT2D eigenvalue weighted by molar-refractivity contribution is -0.140. The second kappa shape index (κ2) is 9.04. The highest BCUT2D eigenvalue weighted by atomic mass is 16.5. The molecular weight excluding hydrogens is 410 g/mol. The minimum Gasteiger partial charge on any atom is -0.507 e. The average Bonchev–Trinajstić information content (AvgIpc) is 3.41. The van der Waals surface area contributed by atoms with Gasteiger partial charge >= 0.3 is 0 Å². The van der Waals surface area contributed by atoms with Gasteiger partial charge in [-0.1, -0.05) is 29.8 Å². The van der Waals surface area contributed by atoms with Crippen molar-refractivity contribution >= 4 is 17.4 Å². The molecule has 2 saturated heterocycles. The number of amides is 1. The Balaban J connectivity index is 1.89. The second-order valence-electron chi connectivity index (χ2n) is 8.06. The first-order valence-corrected chi connectivity index (χ1v) is 10.6. The number of likely N-dealkylation sites (tertiary alicyclic amines) is 1. The minimum atomic E-state index is -0.828. The van der Waals surface area contributed by atoms with E-state index in [1.54, 1.807) is 37.4 Å². The zero-order valence-corrected chi connectivity index (χ0v) is 18.5. The number of ether oxygens (including phenoxy) is 3. The van der Waals surface area contributed by atoms with Crippen molar-refractivity contribution in [3.05, 3.63) is 64.7 Å². The van der Waals surface area contributed by atoms with Gasteiger partial charge in [0.1, 0.15) is 17.3 Å². The van der Waals surface area contributed by atoms with Gasteiger partial charge in [0.15, 0.2) is 0 Å². The van der Waals surface area contributed by atoms with Crippen LogP contribution in [0.1, 0.15) is 35.6 Å². The number of ketones is 1. The topological polar surface area (TPSA) is 85.3 Å². The van der Waals surface area contributed by atoms with Crippen molar-refractivity contribution < 1.29 is 28.9 Å². The van der Waals surface area contributed by atoms with E-state index in [2.05, 4.69) is 0 Å². The highest BCUT2D eigenvalue weighted by molar-refractivity contribution is 6.46. The van der Waals surface area contributed by atoms with E-state index >= 15 is 0 Å². The molecule has 2 fully saturated rings. The molecular formula is C25H27NO6. The molecule has 1 amide bonds. The van der Waals surface area contributed by atoms with Crippen LogP contribution in [0.5, 0.6) is 11.5 Å². The van der Waals surface area contributed by atoms with Crippen molar-refractivity contribution in [2.24, 2.45) is 0 Å². The van der Waals surface area contributed by atoms with Gasteiger partial charge in [-0.3, -0.25) is 9.59 Å². The second-order valence-corrected chi connectivity index (χ2v) is 8.06. The number of aliphatic hydroxyl groups excluding tert-OH is 1. The number of hydrogen-bond donors (Lipinski definition) is 1. The van der Waals surface area contributed by atoms with Crippen LogP contribution in [0.3, 0.4) is 0 Å². The SMILES string of the molecule is COc1ccc(OC)c(C2C(=C(O)c3ccc(C)cc3)C(=O)C(=O)N2CC2CCCO2)c1. The molecule has 0 radical (unpaired) electrons. The van der Waals surface area contributed by atoms with E-state index < -0.39 is 17.7 Å². The van der Waals surface area contributed by atoms with Crippen molar-refractivity contribution in [1.82, 2.24) is 4.90 Å². The maximum absolute atomic E-state index is 13.2. The van der Waals surface area contributed by atoms with Crippen molar-refractivity contribution in [1.29, 1.82) is 0 Å². The molecule has 0 aliphatic carbocycles. The van der Waals surface area contributed by atoms with Crippen LogP contribution in [0.25, 0.3) is 5.76 Å². The molecule has 4 rings (SSSR count). The average molecular weight is 437 g/mol. The Kier molecular flexibility index (Phi) is 6.19. The Morgan fingerprint density at radius 1 is 1.12 bits per heavy atom. The van der Waals surface area contributed by atoms with Gasteiger partial charge in [0.2, 0.25) is 0 Å². The van der Waals surface area contributed by atoms with Crippen LogP contribution in [-0.4, -0.2) is 55.2 Å². The van der Waals surface area contributed by atoms with Crippen LogP contribution in [0.2, 0.25) is 0 Å². The fraction of sp³-hybridized carbons (Fsp3) is 0.360. The summed E-state index contributed by atoms with van der Waals surface area (Å²) in [7, 11) is 3.07. The van der Waals surface area contributed by atoms with Gasteiger partial charge in [0.25, 0.3) is 11.7 Å². The van der Waals surface area contributed by atoms with Crippen molar-refractivity contribution in [3.63, 3.8) is 0 Å². The molecule has 0 bridgehead atoms. The maximum atomic E-state index is 13.2. The van der Waals surface area contributed by atoms with Gasteiger partial charge in [-0.15, -0.1) is 0 Å². The van der Waals surface area contributed by atoms with Gasteiger partial charge in [0, 0.05) is 24.3 Å². The molecule has 2 aliphatic rings. The number of nitrogens with zero attached hydrogens (tertiary/aromatic N) is 1. The van der Waals surface area contributed by atoms with Gasteiger partial charge in [-0.2, -0.15) is 0 Å². The van der Waals surface area contributed by atoms with E-state index in [0.717, 1.165) is 18.4 Å². The Labute approximate surface area is 187 Å². The minimum absolute atomic E-state index is 0.0309. The van der Waals surface area contributed by atoms with E-state index in [1.807, 2.05) is 19.1 Å². The number of rotatable bonds is 6. The number of aryl methyl sites for hydroxylation is 1. The molecule has 2 atom stereocenters. The third-order valence-corrected chi connectivity index (χ3v) is 6.02. The van der Waals surface area contributed by atoms with Crippen molar-refractivity contribution in [3.8, 4) is 11.5 Å². The van der Waals surface area contributed by atoms with E-state index in [-0.39, 0.29) is 24.0 Å². The lowest BCUT2D eigenvalue weighted by Crippen LogP contribution is -2.36. The number of carbonyl (C=O) groups excluding carboxylic acids is 2. The number of Topliss-reactive ketones (excluding diaryl/α,β-unsaturated/α-hetero) is 1. The fourth-order valence-corrected chi connectivity index (χ4v) is 4.32. The van der Waals surface area contributed by atoms with Crippen LogP contribution in [0.4, 0.5) is 0 Å². The molecule has 1 N–H and O–H groups in total. The molecule has 0 spiro atoms. The van der Waals surface area contributed by atoms with Gasteiger partial charge in [0.05, 0.1) is 31.9 Å². The van der Waals surface area contributed by atoms with Crippen LogP contribution in [-0.2, 0) is 14.3 Å². The maximum Gasteiger partial charge on any atom is 0.295 e. The van der Waals surface area contributed by atoms with Crippen LogP contribution in [0.15, 0.2) is 48.0 Å². The summed E-state index contributed by atoms with van der Waals surface area (Å²) in [4.78, 5) is 27.8. The Hall–Kier alpha value is -3.32. The summed E-state index contributed by atoms with van der Waals surface area (Å²) < 4.78 is 16.7. The lowest BCUT2D eigenvalue weighted by Gasteiger charge is -2.28. The fourth-order valence-electron chi connectivity index (χ4n) is 4.32. The molecule has 7 nitrogen and oxygen atoms in total. The normalized spacial score (nSPS) is 22.4. The predicted octanol–water partition coefficient (Wildman–Crippen LogP) is 3.61. The molecule has 2 aromatic rings. The summed E-state index contributed by atoms with van der Waals surface area (Å²) in [6.07, 6.45) is 1.56. The molecule has 0 saturated carbocycles. The summed E-state index contributed by atoms with van der Waals surface area (Å²) in [5.74, 6) is -0.559. The summed E-state index contributed by atoms with van der Waals surface area (Å²) in [5.41, 5.74) is 2.09. The number of aliphatic hydroxyl groups is 1.